The second-order valence-electron chi connectivity index (χ2n) is 5.35. The molecule has 0 saturated carbocycles. The number of hydrogen-bond acceptors (Lipinski definition) is 2. The van der Waals surface area contributed by atoms with E-state index < -0.39 is 0 Å². The third-order valence-electron chi connectivity index (χ3n) is 3.68. The summed E-state index contributed by atoms with van der Waals surface area (Å²) in [4.78, 5) is 2.24. The molecule has 0 aliphatic carbocycles. The van der Waals surface area contributed by atoms with Gasteiger partial charge in [-0.2, -0.15) is 0 Å². The Balaban J connectivity index is 2.02. The second-order valence-corrected chi connectivity index (χ2v) is 5.79. The summed E-state index contributed by atoms with van der Waals surface area (Å²) >= 11 is 5.92. The highest BCUT2D eigenvalue weighted by Crippen LogP contribution is 2.20. The van der Waals surface area contributed by atoms with Gasteiger partial charge in [0.05, 0.1) is 0 Å². The third kappa shape index (κ3) is 4.48. The first-order chi connectivity index (χ1) is 10.1. The first-order valence-electron chi connectivity index (χ1n) is 7.39. The third-order valence-corrected chi connectivity index (χ3v) is 3.93. The molecular formula is C18H23ClN2. The molecule has 0 aliphatic heterocycles. The van der Waals surface area contributed by atoms with Crippen LogP contribution < -0.4 is 10.2 Å². The molecule has 1 N–H and O–H groups in total. The summed E-state index contributed by atoms with van der Waals surface area (Å²) in [6.07, 6.45) is 0. The maximum Gasteiger partial charge on any atom is 0.0426 e. The molecule has 0 amide bonds. The van der Waals surface area contributed by atoms with E-state index in [0.29, 0.717) is 6.04 Å². The molecule has 2 rings (SSSR count). The van der Waals surface area contributed by atoms with Crippen molar-refractivity contribution in [1.29, 1.82) is 0 Å². The van der Waals surface area contributed by atoms with Crippen LogP contribution in [0.15, 0.2) is 48.5 Å². The zero-order valence-corrected chi connectivity index (χ0v) is 13.7. The van der Waals surface area contributed by atoms with Crippen LogP contribution in [-0.4, -0.2) is 13.6 Å². The van der Waals surface area contributed by atoms with Crippen molar-refractivity contribution >= 4 is 17.3 Å². The van der Waals surface area contributed by atoms with E-state index in [1.54, 1.807) is 0 Å². The van der Waals surface area contributed by atoms with Crippen molar-refractivity contribution in [2.45, 2.75) is 26.4 Å². The van der Waals surface area contributed by atoms with E-state index in [4.69, 9.17) is 11.6 Å². The number of benzene rings is 2. The summed E-state index contributed by atoms with van der Waals surface area (Å²) < 4.78 is 0. The molecule has 0 spiro atoms. The molecule has 0 aliphatic rings. The predicted molar refractivity (Wildman–Crippen MR) is 92.1 cm³/mol. The zero-order valence-electron chi connectivity index (χ0n) is 12.9. The molecule has 21 heavy (non-hydrogen) atoms. The van der Waals surface area contributed by atoms with Gasteiger partial charge in [0.1, 0.15) is 0 Å². The number of halogens is 1. The van der Waals surface area contributed by atoms with Gasteiger partial charge in [-0.1, -0.05) is 42.8 Å². The lowest BCUT2D eigenvalue weighted by Crippen LogP contribution is -2.18. The number of nitrogens with zero attached hydrogens (tertiary/aromatic N) is 1. The highest BCUT2D eigenvalue weighted by Gasteiger charge is 2.06. The van der Waals surface area contributed by atoms with Gasteiger partial charge >= 0.3 is 0 Å². The first-order valence-corrected chi connectivity index (χ1v) is 7.77. The minimum atomic E-state index is 0.394. The van der Waals surface area contributed by atoms with Gasteiger partial charge < -0.3 is 10.2 Å². The van der Waals surface area contributed by atoms with E-state index in [0.717, 1.165) is 18.1 Å². The van der Waals surface area contributed by atoms with Gasteiger partial charge in [-0.3, -0.25) is 0 Å². The number of nitrogens with one attached hydrogen (secondary N) is 1. The molecule has 0 bridgehead atoms. The number of hydrogen-bond donors (Lipinski definition) is 1. The predicted octanol–water partition coefficient (Wildman–Crippen LogP) is 4.65. The van der Waals surface area contributed by atoms with E-state index in [1.807, 2.05) is 12.1 Å². The Hall–Kier alpha value is -1.51. The van der Waals surface area contributed by atoms with Gasteiger partial charge in [0, 0.05) is 30.3 Å². The van der Waals surface area contributed by atoms with E-state index >= 15 is 0 Å². The minimum Gasteiger partial charge on any atom is -0.370 e. The van der Waals surface area contributed by atoms with E-state index in [2.05, 4.69) is 67.5 Å². The molecule has 0 fully saturated rings. The Labute approximate surface area is 132 Å². The lowest BCUT2D eigenvalue weighted by atomic mass is 10.1. The molecule has 1 atom stereocenters. The summed E-state index contributed by atoms with van der Waals surface area (Å²) in [6, 6.07) is 17.2. The monoisotopic (exact) mass is 302 g/mol. The summed E-state index contributed by atoms with van der Waals surface area (Å²) in [7, 11) is 2.11. The van der Waals surface area contributed by atoms with Crippen molar-refractivity contribution in [2.75, 3.05) is 18.5 Å². The topological polar surface area (TPSA) is 15.3 Å². The molecule has 0 radical (unpaired) electrons. The van der Waals surface area contributed by atoms with Gasteiger partial charge in [-0.15, -0.1) is 0 Å². The Kier molecular flexibility index (Phi) is 5.66. The Bertz CT molecular complexity index is 548. The second kappa shape index (κ2) is 7.48. The lowest BCUT2D eigenvalue weighted by molar-refractivity contribution is 0.598. The van der Waals surface area contributed by atoms with Crippen molar-refractivity contribution in [2.24, 2.45) is 0 Å². The fourth-order valence-electron chi connectivity index (χ4n) is 2.40. The van der Waals surface area contributed by atoms with Crippen LogP contribution in [0.5, 0.6) is 0 Å². The summed E-state index contributed by atoms with van der Waals surface area (Å²) in [5.74, 6) is 0. The quantitative estimate of drug-likeness (QED) is 0.836. The molecule has 112 valence electrons. The van der Waals surface area contributed by atoms with Gasteiger partial charge in [-0.05, 0) is 48.9 Å². The Morgan fingerprint density at radius 1 is 1.05 bits per heavy atom. The van der Waals surface area contributed by atoms with Gasteiger partial charge in [0.25, 0.3) is 0 Å². The average molecular weight is 303 g/mol. The molecule has 2 aromatic carbocycles. The van der Waals surface area contributed by atoms with Crippen molar-refractivity contribution in [1.82, 2.24) is 5.32 Å². The molecule has 0 heterocycles. The van der Waals surface area contributed by atoms with Crippen LogP contribution in [0.3, 0.4) is 0 Å². The van der Waals surface area contributed by atoms with Gasteiger partial charge in [0.15, 0.2) is 0 Å². The largest absolute Gasteiger partial charge is 0.370 e. The lowest BCUT2D eigenvalue weighted by Gasteiger charge is -2.21. The summed E-state index contributed by atoms with van der Waals surface area (Å²) in [6.45, 7) is 6.18. The smallest absolute Gasteiger partial charge is 0.0426 e. The highest BCUT2D eigenvalue weighted by molar-refractivity contribution is 6.30. The van der Waals surface area contributed by atoms with Crippen molar-refractivity contribution in [3.63, 3.8) is 0 Å². The van der Waals surface area contributed by atoms with E-state index in [9.17, 15) is 0 Å². The van der Waals surface area contributed by atoms with Crippen LogP contribution in [-0.2, 0) is 6.54 Å². The molecule has 0 saturated heterocycles. The molecular weight excluding hydrogens is 280 g/mol. The van der Waals surface area contributed by atoms with Gasteiger partial charge in [0.2, 0.25) is 0 Å². The molecule has 2 aromatic rings. The molecule has 2 nitrogen and oxygen atoms in total. The van der Waals surface area contributed by atoms with Crippen molar-refractivity contribution in [3.8, 4) is 0 Å². The summed E-state index contributed by atoms with van der Waals surface area (Å²) in [5, 5.41) is 4.21. The summed E-state index contributed by atoms with van der Waals surface area (Å²) in [5.41, 5.74) is 3.80. The first kappa shape index (κ1) is 15.9. The fourth-order valence-corrected chi connectivity index (χ4v) is 2.52. The maximum atomic E-state index is 5.92. The van der Waals surface area contributed by atoms with Crippen LogP contribution in [0.1, 0.15) is 31.0 Å². The minimum absolute atomic E-state index is 0.394. The Morgan fingerprint density at radius 2 is 1.67 bits per heavy atom. The zero-order chi connectivity index (χ0) is 15.2. The number of anilines is 1. The van der Waals surface area contributed by atoms with Crippen molar-refractivity contribution in [3.05, 3.63) is 64.7 Å². The highest BCUT2D eigenvalue weighted by atomic mass is 35.5. The van der Waals surface area contributed by atoms with Gasteiger partial charge in [-0.25, -0.2) is 0 Å². The maximum absolute atomic E-state index is 5.92. The standard InChI is InChI=1S/C18H23ClN2/c1-4-20-14(2)16-7-11-18(12-8-16)21(3)13-15-5-9-17(19)10-6-15/h5-12,14,20H,4,13H2,1-3H3. The van der Waals surface area contributed by atoms with Crippen LogP contribution >= 0.6 is 11.6 Å². The average Bonchev–Trinajstić information content (AvgIpc) is 2.50. The van der Waals surface area contributed by atoms with E-state index in [1.165, 1.54) is 16.8 Å². The fraction of sp³-hybridized carbons (Fsp3) is 0.333. The van der Waals surface area contributed by atoms with Crippen LogP contribution in [0.4, 0.5) is 5.69 Å². The van der Waals surface area contributed by atoms with Crippen LogP contribution in [0, 0.1) is 0 Å². The molecule has 0 aromatic heterocycles. The molecule has 3 heteroatoms. The van der Waals surface area contributed by atoms with Crippen LogP contribution in [0.25, 0.3) is 0 Å². The van der Waals surface area contributed by atoms with E-state index in [-0.39, 0.29) is 0 Å². The Morgan fingerprint density at radius 3 is 2.24 bits per heavy atom. The van der Waals surface area contributed by atoms with Crippen LogP contribution in [0.2, 0.25) is 5.02 Å². The molecule has 1 unspecified atom stereocenters. The SMILES string of the molecule is CCNC(C)c1ccc(N(C)Cc2ccc(Cl)cc2)cc1. The number of rotatable bonds is 6. The normalized spacial score (nSPS) is 12.2. The van der Waals surface area contributed by atoms with Crippen molar-refractivity contribution < 1.29 is 0 Å².